The van der Waals surface area contributed by atoms with E-state index in [2.05, 4.69) is 12.1 Å². The van der Waals surface area contributed by atoms with Crippen LogP contribution in [0.4, 0.5) is 0 Å². The van der Waals surface area contributed by atoms with Crippen molar-refractivity contribution in [3.63, 3.8) is 0 Å². The molecule has 0 saturated heterocycles. The zero-order chi connectivity index (χ0) is 18.9. The lowest BCUT2D eigenvalue weighted by molar-refractivity contribution is 0.319. The van der Waals surface area contributed by atoms with Crippen molar-refractivity contribution in [2.24, 2.45) is 0 Å². The predicted molar refractivity (Wildman–Crippen MR) is 95.9 cm³/mol. The largest absolute Gasteiger partial charge is 0.493 e. The number of methoxy groups -OCH3 is 2. The van der Waals surface area contributed by atoms with Gasteiger partial charge in [-0.05, 0) is 30.7 Å². The second kappa shape index (κ2) is 9.19. The van der Waals surface area contributed by atoms with E-state index in [0.29, 0.717) is 40.9 Å². The highest BCUT2D eigenvalue weighted by Gasteiger charge is 2.15. The molecule has 0 aliphatic carbocycles. The second-order valence-electron chi connectivity index (χ2n) is 5.30. The van der Waals surface area contributed by atoms with E-state index in [1.165, 1.54) is 14.2 Å². The van der Waals surface area contributed by atoms with Crippen LogP contribution in [0.15, 0.2) is 30.3 Å². The highest BCUT2D eigenvalue weighted by molar-refractivity contribution is 5.54. The summed E-state index contributed by atoms with van der Waals surface area (Å²) in [6.45, 7) is 2.36. The van der Waals surface area contributed by atoms with Crippen molar-refractivity contribution in [1.29, 1.82) is 10.5 Å². The standard InChI is InChI=1S/C20H20N2O4/c1-4-25-16-6-5-14(7-9-21)11-20(16)26-17-13-19(24-3)18(23-2)12-15(17)8-10-22/h5-6,11-13H,4,7-8H2,1-3H3. The van der Waals surface area contributed by atoms with Gasteiger partial charge in [0, 0.05) is 11.6 Å². The normalized spacial score (nSPS) is 9.73. The summed E-state index contributed by atoms with van der Waals surface area (Å²) in [7, 11) is 3.07. The first-order valence-corrected chi connectivity index (χ1v) is 8.09. The monoisotopic (exact) mass is 352 g/mol. The first-order valence-electron chi connectivity index (χ1n) is 8.09. The molecule has 6 heteroatoms. The zero-order valence-electron chi connectivity index (χ0n) is 15.0. The van der Waals surface area contributed by atoms with E-state index in [0.717, 1.165) is 5.56 Å². The molecule has 0 saturated carbocycles. The van der Waals surface area contributed by atoms with Crippen molar-refractivity contribution in [3.05, 3.63) is 41.5 Å². The van der Waals surface area contributed by atoms with E-state index in [4.69, 9.17) is 29.5 Å². The average Bonchev–Trinajstić information content (AvgIpc) is 2.65. The molecule has 0 aliphatic rings. The summed E-state index contributed by atoms with van der Waals surface area (Å²) < 4.78 is 22.3. The summed E-state index contributed by atoms with van der Waals surface area (Å²) in [5.74, 6) is 2.53. The Morgan fingerprint density at radius 1 is 0.808 bits per heavy atom. The Labute approximate surface area is 153 Å². The Kier molecular flexibility index (Phi) is 6.70. The minimum absolute atomic E-state index is 0.150. The number of rotatable bonds is 8. The molecule has 26 heavy (non-hydrogen) atoms. The third-order valence-corrected chi connectivity index (χ3v) is 3.65. The summed E-state index contributed by atoms with van der Waals surface area (Å²) in [5, 5.41) is 18.0. The van der Waals surface area contributed by atoms with E-state index in [-0.39, 0.29) is 12.8 Å². The van der Waals surface area contributed by atoms with Crippen molar-refractivity contribution < 1.29 is 18.9 Å². The fourth-order valence-corrected chi connectivity index (χ4v) is 2.45. The number of ether oxygens (including phenoxy) is 4. The van der Waals surface area contributed by atoms with Gasteiger partial charge < -0.3 is 18.9 Å². The third kappa shape index (κ3) is 4.37. The van der Waals surface area contributed by atoms with Gasteiger partial charge in [-0.1, -0.05) is 6.07 Å². The van der Waals surface area contributed by atoms with Crippen LogP contribution in [0.2, 0.25) is 0 Å². The maximum atomic E-state index is 9.11. The van der Waals surface area contributed by atoms with Gasteiger partial charge in [0.25, 0.3) is 0 Å². The topological polar surface area (TPSA) is 84.5 Å². The fraction of sp³-hybridized carbons (Fsp3) is 0.300. The number of hydrogen-bond donors (Lipinski definition) is 0. The lowest BCUT2D eigenvalue weighted by Crippen LogP contribution is -1.99. The number of nitriles is 2. The Balaban J connectivity index is 2.50. The highest BCUT2D eigenvalue weighted by Crippen LogP contribution is 2.39. The van der Waals surface area contributed by atoms with E-state index < -0.39 is 0 Å². The predicted octanol–water partition coefficient (Wildman–Crippen LogP) is 4.03. The summed E-state index contributed by atoms with van der Waals surface area (Å²) in [6.07, 6.45) is 0.414. The van der Waals surface area contributed by atoms with Gasteiger partial charge in [-0.15, -0.1) is 0 Å². The molecule has 0 aromatic heterocycles. The minimum Gasteiger partial charge on any atom is -0.493 e. The van der Waals surface area contributed by atoms with Gasteiger partial charge in [-0.25, -0.2) is 0 Å². The van der Waals surface area contributed by atoms with Gasteiger partial charge in [0.05, 0.1) is 45.8 Å². The molecule has 0 fully saturated rings. The molecule has 0 atom stereocenters. The van der Waals surface area contributed by atoms with Gasteiger partial charge in [0.2, 0.25) is 0 Å². The molecular weight excluding hydrogens is 332 g/mol. The summed E-state index contributed by atoms with van der Waals surface area (Å²) in [5.41, 5.74) is 1.48. The Bertz CT molecular complexity index is 850. The van der Waals surface area contributed by atoms with Crippen LogP contribution in [-0.4, -0.2) is 20.8 Å². The first-order chi connectivity index (χ1) is 12.7. The average molecular weight is 352 g/mol. The summed E-state index contributed by atoms with van der Waals surface area (Å²) in [4.78, 5) is 0. The SMILES string of the molecule is CCOc1ccc(CC#N)cc1Oc1cc(OC)c(OC)cc1CC#N. The van der Waals surface area contributed by atoms with Gasteiger partial charge in [-0.2, -0.15) is 10.5 Å². The van der Waals surface area contributed by atoms with Crippen LogP contribution in [0.3, 0.4) is 0 Å². The van der Waals surface area contributed by atoms with Crippen LogP contribution in [0.1, 0.15) is 18.1 Å². The van der Waals surface area contributed by atoms with Crippen molar-refractivity contribution in [3.8, 4) is 40.9 Å². The lowest BCUT2D eigenvalue weighted by atomic mass is 10.1. The highest BCUT2D eigenvalue weighted by atomic mass is 16.5. The van der Waals surface area contributed by atoms with Crippen LogP contribution in [0.5, 0.6) is 28.7 Å². The van der Waals surface area contributed by atoms with Crippen molar-refractivity contribution in [2.45, 2.75) is 19.8 Å². The Hall–Kier alpha value is -3.38. The molecule has 0 bridgehead atoms. The molecule has 0 N–H and O–H groups in total. The van der Waals surface area contributed by atoms with E-state index >= 15 is 0 Å². The maximum Gasteiger partial charge on any atom is 0.169 e. The lowest BCUT2D eigenvalue weighted by Gasteiger charge is -2.17. The van der Waals surface area contributed by atoms with Gasteiger partial charge in [0.15, 0.2) is 23.0 Å². The number of nitrogens with zero attached hydrogens (tertiary/aromatic N) is 2. The number of hydrogen-bond acceptors (Lipinski definition) is 6. The molecule has 0 unspecified atom stereocenters. The van der Waals surface area contributed by atoms with E-state index in [1.54, 1.807) is 24.3 Å². The van der Waals surface area contributed by atoms with E-state index in [1.807, 2.05) is 13.0 Å². The van der Waals surface area contributed by atoms with Crippen LogP contribution in [0.25, 0.3) is 0 Å². The minimum atomic E-state index is 0.150. The van der Waals surface area contributed by atoms with Gasteiger partial charge in [-0.3, -0.25) is 0 Å². The van der Waals surface area contributed by atoms with E-state index in [9.17, 15) is 0 Å². The van der Waals surface area contributed by atoms with Crippen molar-refractivity contribution >= 4 is 0 Å². The molecule has 2 aromatic carbocycles. The zero-order valence-corrected chi connectivity index (χ0v) is 15.0. The Morgan fingerprint density at radius 2 is 1.50 bits per heavy atom. The van der Waals surface area contributed by atoms with Crippen molar-refractivity contribution in [2.75, 3.05) is 20.8 Å². The summed E-state index contributed by atoms with van der Waals surface area (Å²) in [6, 6.07) is 13.0. The molecule has 0 spiro atoms. The molecule has 134 valence electrons. The van der Waals surface area contributed by atoms with Crippen LogP contribution >= 0.6 is 0 Å². The molecule has 2 aromatic rings. The molecule has 0 aliphatic heterocycles. The first kappa shape index (κ1) is 19.0. The van der Waals surface area contributed by atoms with Crippen LogP contribution in [-0.2, 0) is 12.8 Å². The Morgan fingerprint density at radius 3 is 2.12 bits per heavy atom. The third-order valence-electron chi connectivity index (χ3n) is 3.65. The molecule has 0 heterocycles. The van der Waals surface area contributed by atoms with Gasteiger partial charge in [0.1, 0.15) is 5.75 Å². The molecule has 0 radical (unpaired) electrons. The van der Waals surface area contributed by atoms with Gasteiger partial charge >= 0.3 is 0 Å². The fourth-order valence-electron chi connectivity index (χ4n) is 2.45. The molecule has 6 nitrogen and oxygen atoms in total. The quantitative estimate of drug-likeness (QED) is 0.713. The maximum absolute atomic E-state index is 9.11. The van der Waals surface area contributed by atoms with Crippen LogP contribution < -0.4 is 18.9 Å². The second-order valence-corrected chi connectivity index (χ2v) is 5.30. The molecular formula is C20H20N2O4. The van der Waals surface area contributed by atoms with Crippen molar-refractivity contribution in [1.82, 2.24) is 0 Å². The molecule has 0 amide bonds. The number of benzene rings is 2. The van der Waals surface area contributed by atoms with Crippen LogP contribution in [0, 0.1) is 22.7 Å². The smallest absolute Gasteiger partial charge is 0.169 e. The summed E-state index contributed by atoms with van der Waals surface area (Å²) >= 11 is 0. The molecule has 2 rings (SSSR count).